The monoisotopic (exact) mass is 300 g/mol. The van der Waals surface area contributed by atoms with Gasteiger partial charge in [-0.15, -0.1) is 6.58 Å². The lowest BCUT2D eigenvalue weighted by Crippen LogP contribution is -1.97. The smallest absolute Gasteiger partial charge is 0.204 e. The molecule has 2 rings (SSSR count). The molecular weight excluding hydrogens is 280 g/mol. The summed E-state index contributed by atoms with van der Waals surface area (Å²) in [4.78, 5) is 0. The Labute approximate surface area is 130 Å². The molecule has 4 nitrogen and oxygen atoms in total. The highest BCUT2D eigenvalue weighted by molar-refractivity contribution is 5.57. The summed E-state index contributed by atoms with van der Waals surface area (Å²) >= 11 is 0. The van der Waals surface area contributed by atoms with Gasteiger partial charge in [-0.05, 0) is 18.1 Å². The third-order valence-electron chi connectivity index (χ3n) is 3.21. The molecule has 4 heteroatoms. The summed E-state index contributed by atoms with van der Waals surface area (Å²) in [6.45, 7) is 3.77. The summed E-state index contributed by atoms with van der Waals surface area (Å²) in [5.74, 6) is 3.00. The molecule has 0 bridgehead atoms. The van der Waals surface area contributed by atoms with Gasteiger partial charge in [-0.3, -0.25) is 0 Å². The number of benzene rings is 2. The first-order valence-corrected chi connectivity index (χ1v) is 6.90. The van der Waals surface area contributed by atoms with Crippen molar-refractivity contribution >= 4 is 0 Å². The van der Waals surface area contributed by atoms with Crippen LogP contribution in [0.4, 0.5) is 0 Å². The topological polar surface area (TPSA) is 36.9 Å². The van der Waals surface area contributed by atoms with E-state index in [1.165, 1.54) is 0 Å². The maximum absolute atomic E-state index is 6.04. The van der Waals surface area contributed by atoms with E-state index >= 15 is 0 Å². The molecule has 22 heavy (non-hydrogen) atoms. The second-order valence-corrected chi connectivity index (χ2v) is 4.56. The van der Waals surface area contributed by atoms with Crippen LogP contribution in [0, 0.1) is 0 Å². The van der Waals surface area contributed by atoms with E-state index in [1.807, 2.05) is 30.3 Å². The van der Waals surface area contributed by atoms with Crippen LogP contribution in [0.2, 0.25) is 0 Å². The number of para-hydroxylation sites is 1. The van der Waals surface area contributed by atoms with Gasteiger partial charge in [0.15, 0.2) is 11.5 Å². The zero-order chi connectivity index (χ0) is 15.9. The van der Waals surface area contributed by atoms with Crippen molar-refractivity contribution in [3.05, 3.63) is 54.6 Å². The van der Waals surface area contributed by atoms with E-state index in [0.717, 1.165) is 17.7 Å². The normalized spacial score (nSPS) is 9.95. The largest absolute Gasteiger partial charge is 0.496 e. The summed E-state index contributed by atoms with van der Waals surface area (Å²) in [7, 11) is 4.75. The molecule has 0 N–H and O–H groups in total. The molecule has 2 aromatic rings. The quantitative estimate of drug-likeness (QED) is 0.717. The molecular formula is C18H20O4. The van der Waals surface area contributed by atoms with Crippen LogP contribution < -0.4 is 18.9 Å². The Balaban J connectivity index is 2.46. The molecule has 0 aliphatic rings. The van der Waals surface area contributed by atoms with Gasteiger partial charge in [-0.1, -0.05) is 24.3 Å². The van der Waals surface area contributed by atoms with E-state index in [-0.39, 0.29) is 0 Å². The highest BCUT2D eigenvalue weighted by atomic mass is 16.5. The summed E-state index contributed by atoms with van der Waals surface area (Å²) in [6.07, 6.45) is 2.56. The van der Waals surface area contributed by atoms with Crippen LogP contribution in [0.1, 0.15) is 5.56 Å². The zero-order valence-electron chi connectivity index (χ0n) is 13.1. The van der Waals surface area contributed by atoms with Crippen molar-refractivity contribution in [1.29, 1.82) is 0 Å². The second kappa shape index (κ2) is 7.41. The van der Waals surface area contributed by atoms with Gasteiger partial charge in [0.1, 0.15) is 11.5 Å². The second-order valence-electron chi connectivity index (χ2n) is 4.56. The van der Waals surface area contributed by atoms with E-state index in [2.05, 4.69) is 6.58 Å². The van der Waals surface area contributed by atoms with Crippen molar-refractivity contribution in [1.82, 2.24) is 0 Å². The maximum Gasteiger partial charge on any atom is 0.204 e. The first kappa shape index (κ1) is 15.8. The molecule has 0 radical (unpaired) electrons. The van der Waals surface area contributed by atoms with Gasteiger partial charge in [-0.25, -0.2) is 0 Å². The summed E-state index contributed by atoms with van der Waals surface area (Å²) in [5, 5.41) is 0. The maximum atomic E-state index is 6.04. The number of ether oxygens (including phenoxy) is 4. The highest BCUT2D eigenvalue weighted by Crippen LogP contribution is 2.43. The van der Waals surface area contributed by atoms with Crippen molar-refractivity contribution in [2.24, 2.45) is 0 Å². The Morgan fingerprint density at radius 1 is 0.909 bits per heavy atom. The molecule has 0 fully saturated rings. The van der Waals surface area contributed by atoms with E-state index in [4.69, 9.17) is 18.9 Å². The summed E-state index contributed by atoms with van der Waals surface area (Å²) in [5.41, 5.74) is 1.04. The van der Waals surface area contributed by atoms with Gasteiger partial charge >= 0.3 is 0 Å². The SMILES string of the molecule is C=CCc1ccccc1Oc1cc(OC)cc(OC)c1OC. The Kier molecular flexibility index (Phi) is 5.31. The fourth-order valence-corrected chi connectivity index (χ4v) is 2.15. The van der Waals surface area contributed by atoms with Gasteiger partial charge in [0.25, 0.3) is 0 Å². The minimum absolute atomic E-state index is 0.525. The molecule has 0 aromatic heterocycles. The average Bonchev–Trinajstić information content (AvgIpc) is 2.56. The van der Waals surface area contributed by atoms with Gasteiger partial charge in [0, 0.05) is 12.1 Å². The molecule has 0 aliphatic heterocycles. The Morgan fingerprint density at radius 2 is 1.64 bits per heavy atom. The van der Waals surface area contributed by atoms with E-state index < -0.39 is 0 Å². The first-order valence-electron chi connectivity index (χ1n) is 6.90. The lowest BCUT2D eigenvalue weighted by molar-refractivity contribution is 0.329. The molecule has 0 saturated carbocycles. The molecule has 2 aromatic carbocycles. The van der Waals surface area contributed by atoms with Crippen LogP contribution in [0.25, 0.3) is 0 Å². The fraction of sp³-hybridized carbons (Fsp3) is 0.222. The molecule has 0 unspecified atom stereocenters. The van der Waals surface area contributed by atoms with E-state index in [9.17, 15) is 0 Å². The molecule has 0 heterocycles. The van der Waals surface area contributed by atoms with E-state index in [0.29, 0.717) is 23.0 Å². The van der Waals surface area contributed by atoms with Crippen LogP contribution in [-0.4, -0.2) is 21.3 Å². The van der Waals surface area contributed by atoms with Crippen LogP contribution in [0.3, 0.4) is 0 Å². The molecule has 0 saturated heterocycles. The van der Waals surface area contributed by atoms with Crippen molar-refractivity contribution < 1.29 is 18.9 Å². The van der Waals surface area contributed by atoms with Crippen molar-refractivity contribution in [3.63, 3.8) is 0 Å². The average molecular weight is 300 g/mol. The molecule has 0 aliphatic carbocycles. The van der Waals surface area contributed by atoms with Crippen molar-refractivity contribution in [3.8, 4) is 28.7 Å². The first-order chi connectivity index (χ1) is 10.7. The van der Waals surface area contributed by atoms with Crippen LogP contribution in [-0.2, 0) is 6.42 Å². The number of rotatable bonds is 7. The minimum Gasteiger partial charge on any atom is -0.496 e. The predicted octanol–water partition coefficient (Wildman–Crippen LogP) is 4.23. The Bertz CT molecular complexity index is 650. The number of methoxy groups -OCH3 is 3. The molecule has 0 spiro atoms. The van der Waals surface area contributed by atoms with Crippen molar-refractivity contribution in [2.75, 3.05) is 21.3 Å². The van der Waals surface area contributed by atoms with Crippen LogP contribution in [0.15, 0.2) is 49.1 Å². The lowest BCUT2D eigenvalue weighted by Gasteiger charge is -2.16. The Morgan fingerprint density at radius 3 is 2.27 bits per heavy atom. The number of allylic oxidation sites excluding steroid dienone is 1. The number of hydrogen-bond donors (Lipinski definition) is 0. The van der Waals surface area contributed by atoms with Gasteiger partial charge in [0.05, 0.1) is 21.3 Å². The molecule has 0 atom stereocenters. The van der Waals surface area contributed by atoms with Crippen LogP contribution in [0.5, 0.6) is 28.7 Å². The van der Waals surface area contributed by atoms with Gasteiger partial charge in [-0.2, -0.15) is 0 Å². The third kappa shape index (κ3) is 3.34. The summed E-state index contributed by atoms with van der Waals surface area (Å²) in [6, 6.07) is 11.3. The Hall–Kier alpha value is -2.62. The predicted molar refractivity (Wildman–Crippen MR) is 86.5 cm³/mol. The van der Waals surface area contributed by atoms with Crippen molar-refractivity contribution in [2.45, 2.75) is 6.42 Å². The lowest BCUT2D eigenvalue weighted by atomic mass is 10.1. The highest BCUT2D eigenvalue weighted by Gasteiger charge is 2.16. The fourth-order valence-electron chi connectivity index (χ4n) is 2.15. The van der Waals surface area contributed by atoms with Gasteiger partial charge in [0.2, 0.25) is 5.75 Å². The standard InChI is InChI=1S/C18H20O4/c1-5-8-13-9-6-7-10-15(13)22-17-12-14(19-2)11-16(20-3)18(17)21-4/h5-7,9-12H,1,8H2,2-4H3. The van der Waals surface area contributed by atoms with Crippen LogP contribution >= 0.6 is 0 Å². The zero-order valence-corrected chi connectivity index (χ0v) is 13.1. The molecule has 0 amide bonds. The number of hydrogen-bond acceptors (Lipinski definition) is 4. The van der Waals surface area contributed by atoms with Gasteiger partial charge < -0.3 is 18.9 Å². The molecule has 116 valence electrons. The van der Waals surface area contributed by atoms with E-state index in [1.54, 1.807) is 33.5 Å². The third-order valence-corrected chi connectivity index (χ3v) is 3.21. The summed E-state index contributed by atoms with van der Waals surface area (Å²) < 4.78 is 22.1. The minimum atomic E-state index is 0.525.